The molecule has 1 aromatic rings. The smallest absolute Gasteiger partial charge is 0.166 e. The minimum atomic E-state index is 0.214. The van der Waals surface area contributed by atoms with Gasteiger partial charge in [-0.25, -0.2) is 0 Å². The van der Waals surface area contributed by atoms with Crippen molar-refractivity contribution in [3.63, 3.8) is 0 Å². The first kappa shape index (κ1) is 14.3. The Bertz CT molecular complexity index is 416. The Hall–Kier alpha value is -1.15. The molecule has 1 heterocycles. The van der Waals surface area contributed by atoms with E-state index in [0.29, 0.717) is 5.78 Å². The third-order valence-electron chi connectivity index (χ3n) is 4.65. The molecule has 0 bridgehead atoms. The third kappa shape index (κ3) is 3.24. The van der Waals surface area contributed by atoms with Crippen molar-refractivity contribution in [2.45, 2.75) is 45.6 Å². The number of benzene rings is 1. The van der Waals surface area contributed by atoms with Gasteiger partial charge in [0.25, 0.3) is 0 Å². The number of Topliss-reactive ketones (excluding diaryl/α,β-unsaturated/α-hetero) is 1. The summed E-state index contributed by atoms with van der Waals surface area (Å²) in [6.07, 6.45) is 3.15. The number of hydrogen-bond acceptors (Lipinski definition) is 2. The van der Waals surface area contributed by atoms with Gasteiger partial charge < -0.3 is 0 Å². The van der Waals surface area contributed by atoms with E-state index in [-0.39, 0.29) is 11.5 Å². The summed E-state index contributed by atoms with van der Waals surface area (Å²) in [5, 5.41) is 0. The SMILES string of the molecule is CCC(C)(C)N1CCC(C(=O)c2ccccc2)CC1. The highest BCUT2D eigenvalue weighted by Gasteiger charge is 2.31. The number of likely N-dealkylation sites (tertiary alicyclic amines) is 1. The molecule has 2 rings (SSSR count). The van der Waals surface area contributed by atoms with Crippen LogP contribution in [0.4, 0.5) is 0 Å². The van der Waals surface area contributed by atoms with Crippen LogP contribution in [0.2, 0.25) is 0 Å². The van der Waals surface area contributed by atoms with Gasteiger partial charge in [0.05, 0.1) is 0 Å². The number of ketones is 1. The molecule has 19 heavy (non-hydrogen) atoms. The monoisotopic (exact) mass is 259 g/mol. The zero-order valence-electron chi connectivity index (χ0n) is 12.4. The molecule has 0 aliphatic carbocycles. The molecule has 1 aliphatic rings. The highest BCUT2D eigenvalue weighted by atomic mass is 16.1. The lowest BCUT2D eigenvalue weighted by Gasteiger charge is -2.42. The number of hydrogen-bond donors (Lipinski definition) is 0. The highest BCUT2D eigenvalue weighted by Crippen LogP contribution is 2.28. The first-order valence-corrected chi connectivity index (χ1v) is 7.39. The second kappa shape index (κ2) is 5.87. The maximum Gasteiger partial charge on any atom is 0.166 e. The van der Waals surface area contributed by atoms with Crippen LogP contribution < -0.4 is 0 Å². The summed E-state index contributed by atoms with van der Waals surface area (Å²) in [5.41, 5.74) is 1.14. The van der Waals surface area contributed by atoms with Crippen molar-refractivity contribution in [2.24, 2.45) is 5.92 Å². The summed E-state index contributed by atoms with van der Waals surface area (Å²) >= 11 is 0. The lowest BCUT2D eigenvalue weighted by molar-refractivity contribution is 0.0601. The van der Waals surface area contributed by atoms with Crippen molar-refractivity contribution in [3.8, 4) is 0 Å². The van der Waals surface area contributed by atoms with Crippen LogP contribution in [0.5, 0.6) is 0 Å². The molecule has 1 saturated heterocycles. The second-order valence-electron chi connectivity index (χ2n) is 6.16. The van der Waals surface area contributed by atoms with Crippen LogP contribution in [-0.4, -0.2) is 29.3 Å². The standard InChI is InChI=1S/C17H25NO/c1-4-17(2,3)18-12-10-15(11-13-18)16(19)14-8-6-5-7-9-14/h5-9,15H,4,10-13H2,1-3H3. The summed E-state index contributed by atoms with van der Waals surface area (Å²) < 4.78 is 0. The maximum absolute atomic E-state index is 12.4. The average Bonchev–Trinajstić information content (AvgIpc) is 2.47. The molecule has 0 saturated carbocycles. The van der Waals surface area contributed by atoms with E-state index >= 15 is 0 Å². The average molecular weight is 259 g/mol. The van der Waals surface area contributed by atoms with Crippen LogP contribution in [0.1, 0.15) is 50.4 Å². The molecular formula is C17H25NO. The van der Waals surface area contributed by atoms with E-state index in [4.69, 9.17) is 0 Å². The third-order valence-corrected chi connectivity index (χ3v) is 4.65. The van der Waals surface area contributed by atoms with E-state index in [0.717, 1.165) is 37.9 Å². The molecular weight excluding hydrogens is 234 g/mol. The minimum absolute atomic E-state index is 0.214. The summed E-state index contributed by atoms with van der Waals surface area (Å²) in [6, 6.07) is 9.73. The largest absolute Gasteiger partial charge is 0.298 e. The fourth-order valence-electron chi connectivity index (χ4n) is 2.81. The lowest BCUT2D eigenvalue weighted by atomic mass is 9.86. The minimum Gasteiger partial charge on any atom is -0.298 e. The number of carbonyl (C=O) groups excluding carboxylic acids is 1. The number of piperidine rings is 1. The lowest BCUT2D eigenvalue weighted by Crippen LogP contribution is -2.48. The first-order chi connectivity index (χ1) is 9.04. The van der Waals surface area contributed by atoms with Crippen molar-refractivity contribution >= 4 is 5.78 Å². The molecule has 0 unspecified atom stereocenters. The van der Waals surface area contributed by atoms with Gasteiger partial charge in [-0.05, 0) is 46.2 Å². The first-order valence-electron chi connectivity index (χ1n) is 7.39. The van der Waals surface area contributed by atoms with Gasteiger partial charge in [0.2, 0.25) is 0 Å². The molecule has 0 radical (unpaired) electrons. The Labute approximate surface area is 116 Å². The van der Waals surface area contributed by atoms with Gasteiger partial charge in [-0.1, -0.05) is 37.3 Å². The Morgan fingerprint density at radius 2 is 1.79 bits per heavy atom. The highest BCUT2D eigenvalue weighted by molar-refractivity contribution is 5.97. The van der Waals surface area contributed by atoms with Crippen LogP contribution in [0.3, 0.4) is 0 Å². The predicted octanol–water partition coefficient (Wildman–Crippen LogP) is 3.77. The maximum atomic E-state index is 12.4. The van der Waals surface area contributed by atoms with Gasteiger partial charge in [0.15, 0.2) is 5.78 Å². The molecule has 1 fully saturated rings. The number of carbonyl (C=O) groups is 1. The Balaban J connectivity index is 1.95. The van der Waals surface area contributed by atoms with E-state index in [1.807, 2.05) is 30.3 Å². The summed E-state index contributed by atoms with van der Waals surface area (Å²) in [4.78, 5) is 14.9. The van der Waals surface area contributed by atoms with E-state index in [1.54, 1.807) is 0 Å². The Morgan fingerprint density at radius 1 is 1.21 bits per heavy atom. The molecule has 1 aliphatic heterocycles. The fraction of sp³-hybridized carbons (Fsp3) is 0.588. The topological polar surface area (TPSA) is 20.3 Å². The van der Waals surface area contributed by atoms with Gasteiger partial charge in [-0.15, -0.1) is 0 Å². The Morgan fingerprint density at radius 3 is 2.32 bits per heavy atom. The molecule has 0 aromatic heterocycles. The van der Waals surface area contributed by atoms with Crippen molar-refractivity contribution in [1.29, 1.82) is 0 Å². The number of rotatable bonds is 4. The summed E-state index contributed by atoms with van der Waals surface area (Å²) in [6.45, 7) is 8.92. The fourth-order valence-corrected chi connectivity index (χ4v) is 2.81. The van der Waals surface area contributed by atoms with Crippen LogP contribution in [0, 0.1) is 5.92 Å². The second-order valence-corrected chi connectivity index (χ2v) is 6.16. The van der Waals surface area contributed by atoms with Crippen molar-refractivity contribution < 1.29 is 4.79 Å². The van der Waals surface area contributed by atoms with Gasteiger partial charge >= 0.3 is 0 Å². The quantitative estimate of drug-likeness (QED) is 0.767. The molecule has 0 atom stereocenters. The molecule has 1 aromatic carbocycles. The molecule has 2 nitrogen and oxygen atoms in total. The van der Waals surface area contributed by atoms with Crippen molar-refractivity contribution in [3.05, 3.63) is 35.9 Å². The van der Waals surface area contributed by atoms with Crippen LogP contribution in [-0.2, 0) is 0 Å². The van der Waals surface area contributed by atoms with Crippen LogP contribution in [0.25, 0.3) is 0 Å². The normalized spacial score (nSPS) is 18.5. The molecule has 0 spiro atoms. The van der Waals surface area contributed by atoms with Gasteiger partial charge in [-0.2, -0.15) is 0 Å². The van der Waals surface area contributed by atoms with Crippen LogP contribution in [0.15, 0.2) is 30.3 Å². The van der Waals surface area contributed by atoms with Crippen LogP contribution >= 0.6 is 0 Å². The van der Waals surface area contributed by atoms with Crippen molar-refractivity contribution in [2.75, 3.05) is 13.1 Å². The molecule has 104 valence electrons. The van der Waals surface area contributed by atoms with E-state index in [1.165, 1.54) is 0 Å². The van der Waals surface area contributed by atoms with Gasteiger partial charge in [0, 0.05) is 17.0 Å². The summed E-state index contributed by atoms with van der Waals surface area (Å²) in [5.74, 6) is 0.542. The molecule has 0 N–H and O–H groups in total. The zero-order valence-corrected chi connectivity index (χ0v) is 12.4. The van der Waals surface area contributed by atoms with E-state index in [9.17, 15) is 4.79 Å². The number of nitrogens with zero attached hydrogens (tertiary/aromatic N) is 1. The van der Waals surface area contributed by atoms with Crippen molar-refractivity contribution in [1.82, 2.24) is 4.90 Å². The van der Waals surface area contributed by atoms with E-state index in [2.05, 4.69) is 25.7 Å². The van der Waals surface area contributed by atoms with E-state index < -0.39 is 0 Å². The zero-order chi connectivity index (χ0) is 13.9. The van der Waals surface area contributed by atoms with Gasteiger partial charge in [-0.3, -0.25) is 9.69 Å². The van der Waals surface area contributed by atoms with Gasteiger partial charge in [0.1, 0.15) is 0 Å². The Kier molecular flexibility index (Phi) is 4.41. The molecule has 0 amide bonds. The molecule has 2 heteroatoms. The summed E-state index contributed by atoms with van der Waals surface area (Å²) in [7, 11) is 0. The predicted molar refractivity (Wildman–Crippen MR) is 79.4 cm³/mol.